The molecule has 2 saturated heterocycles. The van der Waals surface area contributed by atoms with Crippen LogP contribution in [0.3, 0.4) is 0 Å². The first-order chi connectivity index (χ1) is 4.90. The Kier molecular flexibility index (Phi) is 1.66. The van der Waals surface area contributed by atoms with E-state index in [1.165, 1.54) is 19.5 Å². The third-order valence-corrected chi connectivity index (χ3v) is 2.68. The molecule has 0 unspecified atom stereocenters. The van der Waals surface area contributed by atoms with Gasteiger partial charge in [-0.05, 0) is 18.9 Å². The van der Waals surface area contributed by atoms with Gasteiger partial charge < -0.3 is 4.74 Å². The van der Waals surface area contributed by atoms with Crippen molar-refractivity contribution in [2.24, 2.45) is 5.92 Å². The van der Waals surface area contributed by atoms with Crippen molar-refractivity contribution in [3.05, 3.63) is 0 Å². The maximum Gasteiger partial charge on any atom is 0.0622 e. The molecule has 2 fully saturated rings. The predicted molar refractivity (Wildman–Crippen MR) is 40.0 cm³/mol. The highest BCUT2D eigenvalue weighted by molar-refractivity contribution is 4.87. The van der Waals surface area contributed by atoms with Crippen LogP contribution < -0.4 is 0 Å². The number of rotatable bonds is 1. The van der Waals surface area contributed by atoms with E-state index in [1.807, 2.05) is 0 Å². The number of fused-ring (bicyclic) bond motifs is 2. The topological polar surface area (TPSA) is 12.5 Å². The Morgan fingerprint density at radius 2 is 2.40 bits per heavy atom. The standard InChI is InChI=1S/C8H15NO/c1-2-9-4-7-3-8(9)6-10-5-7/h7-8H,2-6H2,1H3/t7-,8-/m0/s1. The first-order valence-corrected chi connectivity index (χ1v) is 4.22. The van der Waals surface area contributed by atoms with Gasteiger partial charge in [0.05, 0.1) is 13.2 Å². The fourth-order valence-corrected chi connectivity index (χ4v) is 2.14. The second-order valence-corrected chi connectivity index (χ2v) is 3.38. The Hall–Kier alpha value is -0.0800. The summed E-state index contributed by atoms with van der Waals surface area (Å²) in [6.45, 7) is 6.70. The van der Waals surface area contributed by atoms with Crippen molar-refractivity contribution in [3.63, 3.8) is 0 Å². The van der Waals surface area contributed by atoms with Gasteiger partial charge in [0.15, 0.2) is 0 Å². The molecule has 2 atom stereocenters. The molecule has 2 heteroatoms. The fourth-order valence-electron chi connectivity index (χ4n) is 2.14. The lowest BCUT2D eigenvalue weighted by Crippen LogP contribution is -2.32. The van der Waals surface area contributed by atoms with Crippen molar-refractivity contribution in [1.29, 1.82) is 0 Å². The molecule has 2 rings (SSSR count). The minimum atomic E-state index is 0.753. The molecule has 2 bridgehead atoms. The van der Waals surface area contributed by atoms with E-state index in [0.717, 1.165) is 25.2 Å². The maximum atomic E-state index is 5.45. The number of ether oxygens (including phenoxy) is 1. The maximum absolute atomic E-state index is 5.45. The highest BCUT2D eigenvalue weighted by Crippen LogP contribution is 2.27. The number of hydrogen-bond acceptors (Lipinski definition) is 2. The van der Waals surface area contributed by atoms with E-state index in [0.29, 0.717) is 0 Å². The Bertz CT molecular complexity index is 126. The van der Waals surface area contributed by atoms with Gasteiger partial charge in [-0.2, -0.15) is 0 Å². The van der Waals surface area contributed by atoms with Crippen molar-refractivity contribution in [2.45, 2.75) is 19.4 Å². The third kappa shape index (κ3) is 0.956. The molecule has 0 aliphatic carbocycles. The quantitative estimate of drug-likeness (QED) is 0.533. The van der Waals surface area contributed by atoms with E-state index in [-0.39, 0.29) is 0 Å². The Labute approximate surface area is 62.2 Å². The second-order valence-electron chi connectivity index (χ2n) is 3.38. The van der Waals surface area contributed by atoms with Crippen LogP contribution in [0.1, 0.15) is 13.3 Å². The van der Waals surface area contributed by atoms with Gasteiger partial charge in [0.25, 0.3) is 0 Å². The molecule has 0 aromatic rings. The third-order valence-electron chi connectivity index (χ3n) is 2.68. The van der Waals surface area contributed by atoms with Crippen LogP contribution in [0.2, 0.25) is 0 Å². The summed E-state index contributed by atoms with van der Waals surface area (Å²) in [6.07, 6.45) is 1.38. The largest absolute Gasteiger partial charge is 0.379 e. The summed E-state index contributed by atoms with van der Waals surface area (Å²) in [5.74, 6) is 0.846. The first-order valence-electron chi connectivity index (χ1n) is 4.22. The molecule has 10 heavy (non-hydrogen) atoms. The summed E-state index contributed by atoms with van der Waals surface area (Å²) in [6, 6.07) is 0.753. The molecule has 0 N–H and O–H groups in total. The number of hydrogen-bond donors (Lipinski definition) is 0. The summed E-state index contributed by atoms with van der Waals surface area (Å²) in [5, 5.41) is 0. The zero-order chi connectivity index (χ0) is 6.97. The smallest absolute Gasteiger partial charge is 0.0622 e. The highest BCUT2D eigenvalue weighted by atomic mass is 16.5. The van der Waals surface area contributed by atoms with Crippen LogP contribution in [0.5, 0.6) is 0 Å². The van der Waals surface area contributed by atoms with Gasteiger partial charge in [0, 0.05) is 12.6 Å². The van der Waals surface area contributed by atoms with Crippen LogP contribution in [0, 0.1) is 5.92 Å². The Morgan fingerprint density at radius 3 is 3.10 bits per heavy atom. The molecule has 58 valence electrons. The first kappa shape index (κ1) is 6.62. The van der Waals surface area contributed by atoms with Crippen molar-refractivity contribution >= 4 is 0 Å². The number of likely N-dealkylation sites (tertiary alicyclic amines) is 1. The Morgan fingerprint density at radius 1 is 1.50 bits per heavy atom. The van der Waals surface area contributed by atoms with Gasteiger partial charge in [0.1, 0.15) is 0 Å². The van der Waals surface area contributed by atoms with Crippen LogP contribution in [0.15, 0.2) is 0 Å². The average molecular weight is 141 g/mol. The summed E-state index contributed by atoms with van der Waals surface area (Å²) in [7, 11) is 0. The van der Waals surface area contributed by atoms with Gasteiger partial charge in [-0.15, -0.1) is 0 Å². The lowest BCUT2D eigenvalue weighted by atomic mass is 10.1. The number of nitrogens with zero attached hydrogens (tertiary/aromatic N) is 1. The van der Waals surface area contributed by atoms with Crippen LogP contribution in [-0.4, -0.2) is 37.2 Å². The molecule has 0 spiro atoms. The summed E-state index contributed by atoms with van der Waals surface area (Å²) < 4.78 is 5.45. The molecule has 0 aromatic heterocycles. The predicted octanol–water partition coefficient (Wildman–Crippen LogP) is 0.727. The molecule has 0 radical (unpaired) electrons. The van der Waals surface area contributed by atoms with Crippen LogP contribution >= 0.6 is 0 Å². The van der Waals surface area contributed by atoms with E-state index in [9.17, 15) is 0 Å². The number of likely N-dealkylation sites (N-methyl/N-ethyl adjacent to an activating group) is 1. The minimum absolute atomic E-state index is 0.753. The second kappa shape index (κ2) is 2.51. The van der Waals surface area contributed by atoms with Crippen molar-refractivity contribution in [2.75, 3.05) is 26.3 Å². The fraction of sp³-hybridized carbons (Fsp3) is 1.00. The average Bonchev–Trinajstić information content (AvgIpc) is 2.26. The summed E-state index contributed by atoms with van der Waals surface area (Å²) >= 11 is 0. The molecule has 2 aliphatic rings. The van der Waals surface area contributed by atoms with Crippen molar-refractivity contribution in [1.82, 2.24) is 4.90 Å². The zero-order valence-electron chi connectivity index (χ0n) is 6.55. The van der Waals surface area contributed by atoms with Crippen molar-refractivity contribution < 1.29 is 4.74 Å². The Balaban J connectivity index is 2.01. The minimum Gasteiger partial charge on any atom is -0.379 e. The highest BCUT2D eigenvalue weighted by Gasteiger charge is 2.34. The molecule has 0 amide bonds. The van der Waals surface area contributed by atoms with E-state index in [2.05, 4.69) is 11.8 Å². The summed E-state index contributed by atoms with van der Waals surface area (Å²) in [5.41, 5.74) is 0. The van der Waals surface area contributed by atoms with Gasteiger partial charge in [-0.1, -0.05) is 6.92 Å². The van der Waals surface area contributed by atoms with E-state index >= 15 is 0 Å². The molecule has 0 saturated carbocycles. The van der Waals surface area contributed by atoms with Crippen LogP contribution in [0.25, 0.3) is 0 Å². The molecule has 2 heterocycles. The van der Waals surface area contributed by atoms with Gasteiger partial charge >= 0.3 is 0 Å². The van der Waals surface area contributed by atoms with Crippen LogP contribution in [0.4, 0.5) is 0 Å². The molecule has 2 aliphatic heterocycles. The monoisotopic (exact) mass is 141 g/mol. The van der Waals surface area contributed by atoms with E-state index < -0.39 is 0 Å². The zero-order valence-corrected chi connectivity index (χ0v) is 6.55. The molecular weight excluding hydrogens is 126 g/mol. The lowest BCUT2D eigenvalue weighted by molar-refractivity contribution is 0.0541. The van der Waals surface area contributed by atoms with Gasteiger partial charge in [0.2, 0.25) is 0 Å². The van der Waals surface area contributed by atoms with Crippen LogP contribution in [-0.2, 0) is 4.74 Å². The molecule has 2 nitrogen and oxygen atoms in total. The molecule has 0 aromatic carbocycles. The van der Waals surface area contributed by atoms with Crippen molar-refractivity contribution in [3.8, 4) is 0 Å². The van der Waals surface area contributed by atoms with Gasteiger partial charge in [-0.3, -0.25) is 4.90 Å². The SMILES string of the molecule is CCN1C[C@H]2COC[C@@H]1C2. The van der Waals surface area contributed by atoms with E-state index in [1.54, 1.807) is 0 Å². The summed E-state index contributed by atoms with van der Waals surface area (Å²) in [4.78, 5) is 2.54. The lowest BCUT2D eigenvalue weighted by Gasteiger charge is -2.22. The van der Waals surface area contributed by atoms with E-state index in [4.69, 9.17) is 4.74 Å². The van der Waals surface area contributed by atoms with Gasteiger partial charge in [-0.25, -0.2) is 0 Å². The normalized spacial score (nSPS) is 40.5. The molecular formula is C8H15NO.